The number of para-hydroxylation sites is 1. The summed E-state index contributed by atoms with van der Waals surface area (Å²) in [4.78, 5) is 2.21. The van der Waals surface area contributed by atoms with E-state index >= 15 is 0 Å². The molecule has 0 aliphatic heterocycles. The van der Waals surface area contributed by atoms with Crippen LogP contribution in [0.5, 0.6) is 0 Å². The first kappa shape index (κ1) is 15.6. The van der Waals surface area contributed by atoms with E-state index in [0.29, 0.717) is 12.0 Å². The van der Waals surface area contributed by atoms with Gasteiger partial charge in [0.1, 0.15) is 5.82 Å². The molecule has 0 aliphatic carbocycles. The Hall–Kier alpha value is -1.81. The van der Waals surface area contributed by atoms with Gasteiger partial charge in [-0.1, -0.05) is 32.0 Å². The minimum atomic E-state index is 0.00313. The van der Waals surface area contributed by atoms with Crippen LogP contribution in [0.1, 0.15) is 32.0 Å². The predicted molar refractivity (Wildman–Crippen MR) is 86.9 cm³/mol. The van der Waals surface area contributed by atoms with E-state index in [2.05, 4.69) is 37.8 Å². The summed E-state index contributed by atoms with van der Waals surface area (Å²) in [6.07, 6.45) is 0. The van der Waals surface area contributed by atoms with Gasteiger partial charge in [0.15, 0.2) is 0 Å². The standard InChI is InChI=1S/C17H25N3O/c1-12(2)14(4)19(5)17-16(11-21)13(3)18-20(17)15-9-7-6-8-10-15/h6-10,12,14,21H,11H2,1-5H3. The van der Waals surface area contributed by atoms with Crippen molar-refractivity contribution in [1.82, 2.24) is 9.78 Å². The van der Waals surface area contributed by atoms with E-state index in [-0.39, 0.29) is 6.61 Å². The average Bonchev–Trinajstić information content (AvgIpc) is 2.83. The summed E-state index contributed by atoms with van der Waals surface area (Å²) in [6.45, 7) is 8.56. The molecule has 114 valence electrons. The normalized spacial score (nSPS) is 12.7. The van der Waals surface area contributed by atoms with Gasteiger partial charge >= 0.3 is 0 Å². The molecule has 2 rings (SSSR count). The summed E-state index contributed by atoms with van der Waals surface area (Å²) in [7, 11) is 2.07. The number of hydrogen-bond donors (Lipinski definition) is 1. The van der Waals surface area contributed by atoms with Crippen LogP contribution in [0, 0.1) is 12.8 Å². The lowest BCUT2D eigenvalue weighted by Crippen LogP contribution is -2.35. The van der Waals surface area contributed by atoms with Crippen LogP contribution in [0.3, 0.4) is 0 Å². The molecule has 1 heterocycles. The molecule has 1 atom stereocenters. The number of rotatable bonds is 5. The van der Waals surface area contributed by atoms with Crippen LogP contribution in [0.25, 0.3) is 5.69 Å². The first-order valence-corrected chi connectivity index (χ1v) is 7.45. The molecule has 0 bridgehead atoms. The number of benzene rings is 1. The number of anilines is 1. The number of aryl methyl sites for hydroxylation is 1. The fourth-order valence-electron chi connectivity index (χ4n) is 2.48. The lowest BCUT2D eigenvalue weighted by molar-refractivity contribution is 0.281. The molecule has 0 amide bonds. The van der Waals surface area contributed by atoms with Crippen LogP contribution in [0.2, 0.25) is 0 Å². The highest BCUT2D eigenvalue weighted by Crippen LogP contribution is 2.29. The molecule has 21 heavy (non-hydrogen) atoms. The lowest BCUT2D eigenvalue weighted by atomic mass is 10.0. The van der Waals surface area contributed by atoms with Crippen molar-refractivity contribution < 1.29 is 5.11 Å². The van der Waals surface area contributed by atoms with Crippen LogP contribution < -0.4 is 4.90 Å². The van der Waals surface area contributed by atoms with Gasteiger partial charge in [0.05, 0.1) is 18.0 Å². The lowest BCUT2D eigenvalue weighted by Gasteiger charge is -2.31. The summed E-state index contributed by atoms with van der Waals surface area (Å²) < 4.78 is 1.93. The van der Waals surface area contributed by atoms with E-state index in [4.69, 9.17) is 0 Å². The van der Waals surface area contributed by atoms with Crippen LogP contribution in [0.15, 0.2) is 30.3 Å². The van der Waals surface area contributed by atoms with Gasteiger partial charge in [0, 0.05) is 18.7 Å². The molecule has 0 fully saturated rings. The molecule has 1 aromatic carbocycles. The van der Waals surface area contributed by atoms with E-state index in [0.717, 1.165) is 22.8 Å². The van der Waals surface area contributed by atoms with Crippen LogP contribution >= 0.6 is 0 Å². The zero-order chi connectivity index (χ0) is 15.6. The molecule has 0 spiro atoms. The number of nitrogens with zero attached hydrogens (tertiary/aromatic N) is 3. The van der Waals surface area contributed by atoms with Crippen molar-refractivity contribution in [3.8, 4) is 5.69 Å². The van der Waals surface area contributed by atoms with Gasteiger partial charge in [-0.3, -0.25) is 0 Å². The highest BCUT2D eigenvalue weighted by molar-refractivity contribution is 5.55. The zero-order valence-electron chi connectivity index (χ0n) is 13.5. The summed E-state index contributed by atoms with van der Waals surface area (Å²) in [5.74, 6) is 1.49. The first-order chi connectivity index (χ1) is 9.97. The molecule has 4 nitrogen and oxygen atoms in total. The van der Waals surface area contributed by atoms with Crippen molar-refractivity contribution in [2.75, 3.05) is 11.9 Å². The molecule has 4 heteroatoms. The molecule has 2 aromatic rings. The number of aliphatic hydroxyl groups excluding tert-OH is 1. The predicted octanol–water partition coefficient (Wildman–Crippen LogP) is 3.15. The second-order valence-corrected chi connectivity index (χ2v) is 5.89. The first-order valence-electron chi connectivity index (χ1n) is 7.45. The highest BCUT2D eigenvalue weighted by atomic mass is 16.3. The van der Waals surface area contributed by atoms with E-state index < -0.39 is 0 Å². The Morgan fingerprint density at radius 3 is 2.33 bits per heavy atom. The Morgan fingerprint density at radius 1 is 1.19 bits per heavy atom. The summed E-state index contributed by atoms with van der Waals surface area (Å²) in [5, 5.41) is 14.4. The van der Waals surface area contributed by atoms with Crippen molar-refractivity contribution in [3.05, 3.63) is 41.6 Å². The van der Waals surface area contributed by atoms with Gasteiger partial charge < -0.3 is 10.0 Å². The Balaban J connectivity index is 2.57. The SMILES string of the molecule is Cc1nn(-c2ccccc2)c(N(C)C(C)C(C)C)c1CO. The second-order valence-electron chi connectivity index (χ2n) is 5.89. The van der Waals surface area contributed by atoms with Gasteiger partial charge in [0.25, 0.3) is 0 Å². The largest absolute Gasteiger partial charge is 0.391 e. The second kappa shape index (κ2) is 6.31. The Morgan fingerprint density at radius 2 is 1.81 bits per heavy atom. The minimum Gasteiger partial charge on any atom is -0.391 e. The zero-order valence-corrected chi connectivity index (χ0v) is 13.5. The topological polar surface area (TPSA) is 41.3 Å². The summed E-state index contributed by atoms with van der Waals surface area (Å²) in [5.41, 5.74) is 2.78. The molecular formula is C17H25N3O. The van der Waals surface area contributed by atoms with Crippen molar-refractivity contribution in [2.24, 2.45) is 5.92 Å². The van der Waals surface area contributed by atoms with Crippen molar-refractivity contribution in [2.45, 2.75) is 40.3 Å². The van der Waals surface area contributed by atoms with Crippen LogP contribution in [-0.2, 0) is 6.61 Å². The van der Waals surface area contributed by atoms with Crippen molar-refractivity contribution >= 4 is 5.82 Å². The van der Waals surface area contributed by atoms with E-state index in [9.17, 15) is 5.11 Å². The quantitative estimate of drug-likeness (QED) is 0.918. The van der Waals surface area contributed by atoms with Gasteiger partial charge in [-0.25, -0.2) is 4.68 Å². The molecule has 0 saturated carbocycles. The Kier molecular flexibility index (Phi) is 4.68. The number of hydrogen-bond acceptors (Lipinski definition) is 3. The third kappa shape index (κ3) is 2.95. The van der Waals surface area contributed by atoms with Crippen molar-refractivity contribution in [1.29, 1.82) is 0 Å². The summed E-state index contributed by atoms with van der Waals surface area (Å²) in [6, 6.07) is 10.4. The fraction of sp³-hybridized carbons (Fsp3) is 0.471. The van der Waals surface area contributed by atoms with Crippen LogP contribution in [0.4, 0.5) is 5.82 Å². The molecule has 1 unspecified atom stereocenters. The maximum absolute atomic E-state index is 9.75. The minimum absolute atomic E-state index is 0.00313. The van der Waals surface area contributed by atoms with E-state index in [1.54, 1.807) is 0 Å². The van der Waals surface area contributed by atoms with Gasteiger partial charge in [-0.2, -0.15) is 5.10 Å². The Bertz CT molecular complexity index is 590. The fourth-order valence-corrected chi connectivity index (χ4v) is 2.48. The molecule has 0 radical (unpaired) electrons. The Labute approximate surface area is 127 Å². The third-order valence-corrected chi connectivity index (χ3v) is 4.23. The van der Waals surface area contributed by atoms with E-state index in [1.165, 1.54) is 0 Å². The molecular weight excluding hydrogens is 262 g/mol. The molecule has 0 aliphatic rings. The molecule has 1 N–H and O–H groups in total. The maximum Gasteiger partial charge on any atom is 0.138 e. The summed E-state index contributed by atoms with van der Waals surface area (Å²) >= 11 is 0. The number of aromatic nitrogens is 2. The smallest absolute Gasteiger partial charge is 0.138 e. The van der Waals surface area contributed by atoms with Crippen molar-refractivity contribution in [3.63, 3.8) is 0 Å². The van der Waals surface area contributed by atoms with Gasteiger partial charge in [-0.05, 0) is 31.9 Å². The monoisotopic (exact) mass is 287 g/mol. The van der Waals surface area contributed by atoms with Gasteiger partial charge in [0.2, 0.25) is 0 Å². The average molecular weight is 287 g/mol. The highest BCUT2D eigenvalue weighted by Gasteiger charge is 2.23. The maximum atomic E-state index is 9.75. The third-order valence-electron chi connectivity index (χ3n) is 4.23. The van der Waals surface area contributed by atoms with E-state index in [1.807, 2.05) is 41.9 Å². The van der Waals surface area contributed by atoms with Gasteiger partial charge in [-0.15, -0.1) is 0 Å². The van der Waals surface area contributed by atoms with Crippen LogP contribution in [-0.4, -0.2) is 28.0 Å². The molecule has 1 aromatic heterocycles. The molecule has 0 saturated heterocycles. The number of aliphatic hydroxyl groups is 1.